The summed E-state index contributed by atoms with van der Waals surface area (Å²) in [6.45, 7) is 6.02. The molecular weight excluding hydrogens is 210 g/mol. The first kappa shape index (κ1) is 10.8. The maximum absolute atomic E-state index is 5.97. The second-order valence-corrected chi connectivity index (χ2v) is 4.99. The molecule has 90 valence electrons. The Bertz CT molecular complexity index is 568. The molecule has 0 spiro atoms. The zero-order valence-electron chi connectivity index (χ0n) is 10.5. The number of likely N-dealkylation sites (N-methyl/N-ethyl adjacent to an activating group) is 1. The van der Waals surface area contributed by atoms with Gasteiger partial charge in [0.05, 0.1) is 0 Å². The van der Waals surface area contributed by atoms with Crippen molar-refractivity contribution in [3.8, 4) is 0 Å². The van der Waals surface area contributed by atoms with Gasteiger partial charge in [0, 0.05) is 42.8 Å². The van der Waals surface area contributed by atoms with Gasteiger partial charge in [0.25, 0.3) is 0 Å². The SMILES string of the molecule is Cc1cccc2c1c(CN)c1n2CCN(C)C1. The van der Waals surface area contributed by atoms with Crippen molar-refractivity contribution in [2.45, 2.75) is 26.6 Å². The molecule has 2 heterocycles. The van der Waals surface area contributed by atoms with Gasteiger partial charge in [-0.2, -0.15) is 0 Å². The minimum Gasteiger partial charge on any atom is -0.342 e. The number of rotatable bonds is 1. The lowest BCUT2D eigenvalue weighted by Gasteiger charge is -2.26. The molecule has 3 heteroatoms. The third-order valence-electron chi connectivity index (χ3n) is 3.85. The molecule has 0 bridgehead atoms. The van der Waals surface area contributed by atoms with Gasteiger partial charge in [-0.05, 0) is 31.2 Å². The first-order valence-electron chi connectivity index (χ1n) is 6.20. The van der Waals surface area contributed by atoms with Crippen LogP contribution < -0.4 is 5.73 Å². The molecule has 0 saturated carbocycles. The van der Waals surface area contributed by atoms with Crippen LogP contribution in [0.25, 0.3) is 10.9 Å². The maximum Gasteiger partial charge on any atom is 0.0489 e. The van der Waals surface area contributed by atoms with Crippen LogP contribution in [0.3, 0.4) is 0 Å². The summed E-state index contributed by atoms with van der Waals surface area (Å²) < 4.78 is 2.45. The summed E-state index contributed by atoms with van der Waals surface area (Å²) in [4.78, 5) is 2.36. The van der Waals surface area contributed by atoms with Crippen molar-refractivity contribution in [1.82, 2.24) is 9.47 Å². The standard InChI is InChI=1S/C14H19N3/c1-10-4-3-5-12-14(10)11(8-15)13-9-16(2)6-7-17(12)13/h3-5H,6-9,15H2,1-2H3. The Morgan fingerprint density at radius 3 is 2.88 bits per heavy atom. The lowest BCUT2D eigenvalue weighted by atomic mass is 10.1. The first-order valence-corrected chi connectivity index (χ1v) is 6.20. The van der Waals surface area contributed by atoms with Gasteiger partial charge in [0.2, 0.25) is 0 Å². The van der Waals surface area contributed by atoms with Crippen LogP contribution >= 0.6 is 0 Å². The summed E-state index contributed by atoms with van der Waals surface area (Å²) in [6, 6.07) is 6.54. The van der Waals surface area contributed by atoms with Gasteiger partial charge in [0.1, 0.15) is 0 Å². The average Bonchev–Trinajstić information content (AvgIpc) is 2.63. The molecule has 1 aliphatic heterocycles. The Kier molecular flexibility index (Phi) is 2.45. The summed E-state index contributed by atoms with van der Waals surface area (Å²) >= 11 is 0. The van der Waals surface area contributed by atoms with Crippen LogP contribution in [0.1, 0.15) is 16.8 Å². The quantitative estimate of drug-likeness (QED) is 0.810. The van der Waals surface area contributed by atoms with E-state index in [0.29, 0.717) is 6.54 Å². The summed E-state index contributed by atoms with van der Waals surface area (Å²) in [7, 11) is 2.17. The largest absolute Gasteiger partial charge is 0.342 e. The van der Waals surface area contributed by atoms with Gasteiger partial charge in [-0.3, -0.25) is 4.90 Å². The minimum absolute atomic E-state index is 0.636. The second kappa shape index (κ2) is 3.86. The fourth-order valence-electron chi connectivity index (χ4n) is 2.98. The van der Waals surface area contributed by atoms with Crippen LogP contribution in [0.5, 0.6) is 0 Å². The van der Waals surface area contributed by atoms with E-state index in [-0.39, 0.29) is 0 Å². The van der Waals surface area contributed by atoms with Crippen LogP contribution in [0, 0.1) is 6.92 Å². The Morgan fingerprint density at radius 2 is 2.12 bits per heavy atom. The van der Waals surface area contributed by atoms with E-state index in [1.165, 1.54) is 27.7 Å². The molecule has 0 unspecified atom stereocenters. The van der Waals surface area contributed by atoms with E-state index in [2.05, 4.69) is 41.6 Å². The maximum atomic E-state index is 5.97. The minimum atomic E-state index is 0.636. The summed E-state index contributed by atoms with van der Waals surface area (Å²) in [5.74, 6) is 0. The van der Waals surface area contributed by atoms with Crippen molar-refractivity contribution in [3.05, 3.63) is 35.0 Å². The molecule has 0 saturated heterocycles. The highest BCUT2D eigenvalue weighted by Crippen LogP contribution is 2.31. The van der Waals surface area contributed by atoms with E-state index >= 15 is 0 Å². The Hall–Kier alpha value is -1.32. The fourth-order valence-corrected chi connectivity index (χ4v) is 2.98. The number of fused-ring (bicyclic) bond motifs is 3. The van der Waals surface area contributed by atoms with E-state index in [1.54, 1.807) is 0 Å². The van der Waals surface area contributed by atoms with Crippen molar-refractivity contribution in [2.75, 3.05) is 13.6 Å². The molecule has 2 N–H and O–H groups in total. The summed E-state index contributed by atoms with van der Waals surface area (Å²) in [5.41, 5.74) is 11.4. The highest BCUT2D eigenvalue weighted by Gasteiger charge is 2.21. The Balaban J connectivity index is 2.36. The van der Waals surface area contributed by atoms with Crippen molar-refractivity contribution >= 4 is 10.9 Å². The molecular formula is C14H19N3. The van der Waals surface area contributed by atoms with Gasteiger partial charge < -0.3 is 10.3 Å². The Morgan fingerprint density at radius 1 is 1.29 bits per heavy atom. The molecule has 1 aliphatic rings. The number of aryl methyl sites for hydroxylation is 1. The molecule has 3 nitrogen and oxygen atoms in total. The third kappa shape index (κ3) is 1.50. The molecule has 0 radical (unpaired) electrons. The topological polar surface area (TPSA) is 34.2 Å². The summed E-state index contributed by atoms with van der Waals surface area (Å²) in [6.07, 6.45) is 0. The summed E-state index contributed by atoms with van der Waals surface area (Å²) in [5, 5.41) is 1.38. The molecule has 0 amide bonds. The lowest BCUT2D eigenvalue weighted by molar-refractivity contribution is 0.271. The first-order chi connectivity index (χ1) is 8.22. The lowest BCUT2D eigenvalue weighted by Crippen LogP contribution is -2.30. The zero-order chi connectivity index (χ0) is 12.0. The fraction of sp³-hybridized carbons (Fsp3) is 0.429. The van der Waals surface area contributed by atoms with Crippen molar-refractivity contribution < 1.29 is 0 Å². The van der Waals surface area contributed by atoms with Crippen LogP contribution in [-0.4, -0.2) is 23.1 Å². The van der Waals surface area contributed by atoms with Crippen LogP contribution in [0.4, 0.5) is 0 Å². The number of aromatic nitrogens is 1. The van der Waals surface area contributed by atoms with Crippen LogP contribution in [-0.2, 0) is 19.6 Å². The van der Waals surface area contributed by atoms with Gasteiger partial charge in [0.15, 0.2) is 0 Å². The normalized spacial score (nSPS) is 16.4. The number of nitrogens with zero attached hydrogens (tertiary/aromatic N) is 2. The van der Waals surface area contributed by atoms with Gasteiger partial charge in [-0.15, -0.1) is 0 Å². The van der Waals surface area contributed by atoms with Gasteiger partial charge in [-0.25, -0.2) is 0 Å². The molecule has 2 aromatic rings. The molecule has 3 rings (SSSR count). The molecule has 0 fully saturated rings. The predicted octanol–water partition coefficient (Wildman–Crippen LogP) is 1.85. The van der Waals surface area contributed by atoms with E-state index < -0.39 is 0 Å². The number of benzene rings is 1. The Labute approximate surface area is 102 Å². The second-order valence-electron chi connectivity index (χ2n) is 4.99. The van der Waals surface area contributed by atoms with Gasteiger partial charge in [-0.1, -0.05) is 12.1 Å². The van der Waals surface area contributed by atoms with Crippen molar-refractivity contribution in [2.24, 2.45) is 5.73 Å². The number of nitrogens with two attached hydrogens (primary N) is 1. The van der Waals surface area contributed by atoms with E-state index in [1.807, 2.05) is 0 Å². The van der Waals surface area contributed by atoms with E-state index in [9.17, 15) is 0 Å². The molecule has 0 atom stereocenters. The van der Waals surface area contributed by atoms with Crippen molar-refractivity contribution in [3.63, 3.8) is 0 Å². The van der Waals surface area contributed by atoms with Gasteiger partial charge >= 0.3 is 0 Å². The number of hydrogen-bond donors (Lipinski definition) is 1. The van der Waals surface area contributed by atoms with Crippen LogP contribution in [0.15, 0.2) is 18.2 Å². The highest BCUT2D eigenvalue weighted by atomic mass is 15.2. The molecule has 17 heavy (non-hydrogen) atoms. The average molecular weight is 229 g/mol. The number of hydrogen-bond acceptors (Lipinski definition) is 2. The molecule has 1 aromatic heterocycles. The van der Waals surface area contributed by atoms with Crippen molar-refractivity contribution in [1.29, 1.82) is 0 Å². The van der Waals surface area contributed by atoms with Crippen LogP contribution in [0.2, 0.25) is 0 Å². The predicted molar refractivity (Wildman–Crippen MR) is 70.9 cm³/mol. The highest BCUT2D eigenvalue weighted by molar-refractivity contribution is 5.88. The smallest absolute Gasteiger partial charge is 0.0489 e. The zero-order valence-corrected chi connectivity index (χ0v) is 10.5. The third-order valence-corrected chi connectivity index (χ3v) is 3.85. The molecule has 0 aliphatic carbocycles. The molecule has 1 aromatic carbocycles. The van der Waals surface area contributed by atoms with E-state index in [4.69, 9.17) is 5.73 Å². The van der Waals surface area contributed by atoms with E-state index in [0.717, 1.165) is 19.6 Å². The monoisotopic (exact) mass is 229 g/mol.